The molecule has 8 aromatic carbocycles. The van der Waals surface area contributed by atoms with Crippen LogP contribution in [0.1, 0.15) is 17.2 Å². The fourth-order valence-corrected chi connectivity index (χ4v) is 7.83. The van der Waals surface area contributed by atoms with Crippen LogP contribution in [0, 0.1) is 0 Å². The number of hydrogen-bond donors (Lipinski definition) is 2. The van der Waals surface area contributed by atoms with Crippen molar-refractivity contribution in [2.45, 2.75) is 6.04 Å². The van der Waals surface area contributed by atoms with E-state index >= 15 is 0 Å². The van der Waals surface area contributed by atoms with Gasteiger partial charge in [0.05, 0.1) is 22.8 Å². The second-order valence-electron chi connectivity index (χ2n) is 13.8. The number of rotatable bonds is 6. The van der Waals surface area contributed by atoms with Crippen LogP contribution in [0.2, 0.25) is 0 Å². The Morgan fingerprint density at radius 1 is 0.463 bits per heavy atom. The maximum Gasteiger partial charge on any atom is 0.209 e. The fourth-order valence-electron chi connectivity index (χ4n) is 7.83. The van der Waals surface area contributed by atoms with Gasteiger partial charge in [-0.1, -0.05) is 152 Å². The third kappa shape index (κ3) is 5.71. The average Bonchev–Trinajstić information content (AvgIpc) is 3.58. The van der Waals surface area contributed by atoms with Crippen molar-refractivity contribution in [3.63, 3.8) is 0 Å². The lowest BCUT2D eigenvalue weighted by Gasteiger charge is -2.28. The van der Waals surface area contributed by atoms with E-state index in [1.165, 1.54) is 55.3 Å². The standard InChI is InChI=1S/C50H36N4/c1-3-14-36(15-4-1)49-43-22-8-11-24-46(43)52-50(53-49)54-47-25-12-9-21-42(47)44-33-38(30-31-48(44)54)35-28-26-34(27-29-35)37-16-13-17-39(32-37)41-20-7-10-23-45(41)51-40-18-5-2-6-19-40/h1-33,49,51H,(H,52,53). The van der Waals surface area contributed by atoms with Crippen molar-refractivity contribution in [1.29, 1.82) is 0 Å². The van der Waals surface area contributed by atoms with E-state index in [1.54, 1.807) is 0 Å². The maximum atomic E-state index is 5.20. The summed E-state index contributed by atoms with van der Waals surface area (Å²) in [6, 6.07) is 71.0. The molecule has 0 radical (unpaired) electrons. The molecular formula is C50H36N4. The summed E-state index contributed by atoms with van der Waals surface area (Å²) in [7, 11) is 0. The Morgan fingerprint density at radius 2 is 1.09 bits per heavy atom. The lowest BCUT2D eigenvalue weighted by molar-refractivity contribution is 0.731. The van der Waals surface area contributed by atoms with E-state index in [0.29, 0.717) is 0 Å². The van der Waals surface area contributed by atoms with Crippen LogP contribution in [-0.2, 0) is 0 Å². The molecule has 4 heteroatoms. The van der Waals surface area contributed by atoms with Crippen molar-refractivity contribution in [2.24, 2.45) is 4.99 Å². The minimum absolute atomic E-state index is 0.00899. The molecule has 0 spiro atoms. The van der Waals surface area contributed by atoms with E-state index < -0.39 is 0 Å². The first-order valence-corrected chi connectivity index (χ1v) is 18.4. The largest absolute Gasteiger partial charge is 0.355 e. The van der Waals surface area contributed by atoms with Gasteiger partial charge in [0.1, 0.15) is 0 Å². The predicted molar refractivity (Wildman–Crippen MR) is 226 cm³/mol. The number of aromatic nitrogens is 1. The van der Waals surface area contributed by atoms with Crippen molar-refractivity contribution in [2.75, 3.05) is 5.32 Å². The van der Waals surface area contributed by atoms with Gasteiger partial charge in [0.25, 0.3) is 0 Å². The number of fused-ring (bicyclic) bond motifs is 4. The third-order valence-corrected chi connectivity index (χ3v) is 10.5. The number of hydrogen-bond acceptors (Lipinski definition) is 3. The Morgan fingerprint density at radius 3 is 1.93 bits per heavy atom. The molecule has 2 N–H and O–H groups in total. The zero-order chi connectivity index (χ0) is 35.8. The van der Waals surface area contributed by atoms with Crippen molar-refractivity contribution >= 4 is 44.8 Å². The van der Waals surface area contributed by atoms with Crippen LogP contribution < -0.4 is 10.6 Å². The summed E-state index contributed by atoms with van der Waals surface area (Å²) < 4.78 is 2.28. The van der Waals surface area contributed by atoms with Gasteiger partial charge in [0, 0.05) is 33.3 Å². The Hall–Kier alpha value is -7.17. The minimum atomic E-state index is -0.00899. The third-order valence-electron chi connectivity index (χ3n) is 10.5. The van der Waals surface area contributed by atoms with Crippen molar-refractivity contribution < 1.29 is 0 Å². The first-order chi connectivity index (χ1) is 26.8. The van der Waals surface area contributed by atoms with Crippen molar-refractivity contribution in [1.82, 2.24) is 9.88 Å². The number of anilines is 2. The number of nitrogens with zero attached hydrogens (tertiary/aromatic N) is 2. The fraction of sp³-hybridized carbons (Fsp3) is 0.0200. The van der Waals surface area contributed by atoms with Gasteiger partial charge in [-0.05, 0) is 81.9 Å². The summed E-state index contributed by atoms with van der Waals surface area (Å²) in [6.07, 6.45) is 0. The van der Waals surface area contributed by atoms with Gasteiger partial charge in [-0.15, -0.1) is 0 Å². The maximum absolute atomic E-state index is 5.20. The number of nitrogens with one attached hydrogen (secondary N) is 2. The molecule has 0 fully saturated rings. The van der Waals surface area contributed by atoms with Crippen LogP contribution in [0.15, 0.2) is 205 Å². The summed E-state index contributed by atoms with van der Waals surface area (Å²) in [5.74, 6) is 0.826. The first kappa shape index (κ1) is 31.6. The molecular weight excluding hydrogens is 657 g/mol. The van der Waals surface area contributed by atoms with Crippen LogP contribution in [0.5, 0.6) is 0 Å². The molecule has 1 aromatic heterocycles. The highest BCUT2D eigenvalue weighted by Gasteiger charge is 2.26. The lowest BCUT2D eigenvalue weighted by Crippen LogP contribution is -2.36. The van der Waals surface area contributed by atoms with Crippen LogP contribution in [0.3, 0.4) is 0 Å². The average molecular weight is 693 g/mol. The molecule has 1 aliphatic rings. The first-order valence-electron chi connectivity index (χ1n) is 18.4. The van der Waals surface area contributed by atoms with E-state index in [-0.39, 0.29) is 6.04 Å². The van der Waals surface area contributed by atoms with Crippen LogP contribution >= 0.6 is 0 Å². The van der Waals surface area contributed by atoms with Crippen LogP contribution in [0.4, 0.5) is 17.1 Å². The van der Waals surface area contributed by atoms with Gasteiger partial charge in [0.15, 0.2) is 0 Å². The Bertz CT molecular complexity index is 2820. The molecule has 1 atom stereocenters. The Balaban J connectivity index is 0.990. The van der Waals surface area contributed by atoms with E-state index in [0.717, 1.165) is 34.1 Å². The molecule has 9 aromatic rings. The second-order valence-corrected chi connectivity index (χ2v) is 13.8. The molecule has 0 saturated heterocycles. The van der Waals surface area contributed by atoms with Crippen molar-refractivity contribution in [3.05, 3.63) is 211 Å². The molecule has 54 heavy (non-hydrogen) atoms. The highest BCUT2D eigenvalue weighted by Crippen LogP contribution is 2.38. The highest BCUT2D eigenvalue weighted by molar-refractivity contribution is 6.15. The lowest BCUT2D eigenvalue weighted by atomic mass is 9.96. The topological polar surface area (TPSA) is 41.4 Å². The summed E-state index contributed by atoms with van der Waals surface area (Å²) in [6.45, 7) is 0. The number of para-hydroxylation sites is 4. The van der Waals surface area contributed by atoms with E-state index in [9.17, 15) is 0 Å². The molecule has 2 heterocycles. The highest BCUT2D eigenvalue weighted by atomic mass is 15.2. The minimum Gasteiger partial charge on any atom is -0.355 e. The molecule has 256 valence electrons. The van der Waals surface area contributed by atoms with Gasteiger partial charge in [-0.25, -0.2) is 4.99 Å². The number of aliphatic imine (C=N–C) groups is 1. The van der Waals surface area contributed by atoms with Crippen LogP contribution in [-0.4, -0.2) is 10.5 Å². The van der Waals surface area contributed by atoms with Crippen molar-refractivity contribution in [3.8, 4) is 33.4 Å². The molecule has 0 amide bonds. The van der Waals surface area contributed by atoms with E-state index in [2.05, 4.69) is 209 Å². The smallest absolute Gasteiger partial charge is 0.209 e. The van der Waals surface area contributed by atoms with Gasteiger partial charge >= 0.3 is 0 Å². The Kier molecular flexibility index (Phi) is 7.85. The molecule has 0 bridgehead atoms. The second kappa shape index (κ2) is 13.4. The zero-order valence-corrected chi connectivity index (χ0v) is 29.5. The quantitative estimate of drug-likeness (QED) is 0.182. The summed E-state index contributed by atoms with van der Waals surface area (Å²) in [4.78, 5) is 5.20. The van der Waals surface area contributed by atoms with Gasteiger partial charge in [0.2, 0.25) is 5.96 Å². The van der Waals surface area contributed by atoms with Crippen LogP contribution in [0.25, 0.3) is 55.2 Å². The summed E-state index contributed by atoms with van der Waals surface area (Å²) in [5, 5.41) is 9.81. The van der Waals surface area contributed by atoms with Gasteiger partial charge in [-0.3, -0.25) is 4.57 Å². The van der Waals surface area contributed by atoms with E-state index in [4.69, 9.17) is 4.99 Å². The normalized spacial score (nSPS) is 13.6. The molecule has 0 saturated carbocycles. The summed E-state index contributed by atoms with van der Waals surface area (Å²) >= 11 is 0. The molecule has 1 unspecified atom stereocenters. The predicted octanol–water partition coefficient (Wildman–Crippen LogP) is 12.8. The van der Waals surface area contributed by atoms with E-state index in [1.807, 2.05) is 6.07 Å². The zero-order valence-electron chi connectivity index (χ0n) is 29.5. The molecule has 4 nitrogen and oxygen atoms in total. The van der Waals surface area contributed by atoms with Gasteiger partial charge < -0.3 is 10.6 Å². The molecule has 10 rings (SSSR count). The number of benzene rings is 8. The van der Waals surface area contributed by atoms with Gasteiger partial charge in [-0.2, -0.15) is 0 Å². The Labute approximate surface area is 314 Å². The SMILES string of the molecule is c1ccc(Nc2ccccc2-c2cccc(-c3ccc(-c4ccc5c(c4)c4ccccc4n5C4=Nc5ccccc5C(c5ccccc5)N4)cc3)c2)cc1. The molecule has 0 aliphatic carbocycles. The summed E-state index contributed by atoms with van der Waals surface area (Å²) in [5.41, 5.74) is 14.8. The molecule has 1 aliphatic heterocycles. The monoisotopic (exact) mass is 692 g/mol.